The first-order valence-electron chi connectivity index (χ1n) is 12.7. The lowest BCUT2D eigenvalue weighted by atomic mass is 10.0. The Labute approximate surface area is 190 Å². The number of esters is 1. The van der Waals surface area contributed by atoms with Crippen LogP contribution in [0.15, 0.2) is 0 Å². The maximum absolute atomic E-state index is 13.0. The molecule has 0 unspecified atom stereocenters. The van der Waals surface area contributed by atoms with Crippen LogP contribution in [0.3, 0.4) is 0 Å². The van der Waals surface area contributed by atoms with Crippen molar-refractivity contribution in [2.45, 2.75) is 130 Å². The molecule has 0 bridgehead atoms. The summed E-state index contributed by atoms with van der Waals surface area (Å²) >= 11 is 0. The van der Waals surface area contributed by atoms with Gasteiger partial charge >= 0.3 is 5.97 Å². The number of nitrogens with two attached hydrogens (primary N) is 1. The molecule has 0 radical (unpaired) electrons. The summed E-state index contributed by atoms with van der Waals surface area (Å²) in [6.45, 7) is 7.17. The van der Waals surface area contributed by atoms with Gasteiger partial charge in [-0.1, -0.05) is 85.0 Å². The number of ether oxygens (including phenoxy) is 1. The Bertz CT molecular complexity index is 482. The van der Waals surface area contributed by atoms with E-state index in [4.69, 9.17) is 10.5 Å². The summed E-state index contributed by atoms with van der Waals surface area (Å²) in [6.07, 6.45) is 14.9. The first kappa shape index (κ1) is 29.4. The minimum Gasteiger partial charge on any atom is -0.464 e. The maximum atomic E-state index is 13.0. The van der Waals surface area contributed by atoms with Crippen LogP contribution in [0, 0.1) is 0 Å². The van der Waals surface area contributed by atoms with Crippen molar-refractivity contribution in [1.29, 1.82) is 0 Å². The van der Waals surface area contributed by atoms with Gasteiger partial charge < -0.3 is 15.4 Å². The minimum atomic E-state index is -0.720. The lowest BCUT2D eigenvalue weighted by Gasteiger charge is -2.30. The number of rotatable bonds is 21. The largest absolute Gasteiger partial charge is 0.464 e. The van der Waals surface area contributed by atoms with Crippen molar-refractivity contribution >= 4 is 17.8 Å². The Morgan fingerprint density at radius 3 is 1.84 bits per heavy atom. The van der Waals surface area contributed by atoms with Crippen molar-refractivity contribution in [2.24, 2.45) is 5.73 Å². The Kier molecular flexibility index (Phi) is 19.3. The van der Waals surface area contributed by atoms with E-state index in [2.05, 4.69) is 13.8 Å². The van der Waals surface area contributed by atoms with Gasteiger partial charge in [0.1, 0.15) is 6.04 Å². The first-order chi connectivity index (χ1) is 15.0. The second-order valence-electron chi connectivity index (χ2n) is 8.56. The summed E-state index contributed by atoms with van der Waals surface area (Å²) in [6, 6.07) is -0.720. The number of carbonyl (C=O) groups is 3. The van der Waals surface area contributed by atoms with Crippen molar-refractivity contribution in [2.75, 3.05) is 13.2 Å². The lowest BCUT2D eigenvalue weighted by Crippen LogP contribution is -2.47. The molecule has 0 heterocycles. The monoisotopic (exact) mass is 440 g/mol. The van der Waals surface area contributed by atoms with Crippen LogP contribution >= 0.6 is 0 Å². The molecule has 0 aromatic carbocycles. The predicted octanol–water partition coefficient (Wildman–Crippen LogP) is 5.51. The van der Waals surface area contributed by atoms with Gasteiger partial charge in [0, 0.05) is 19.4 Å². The van der Waals surface area contributed by atoms with Gasteiger partial charge in [0.05, 0.1) is 6.61 Å². The maximum Gasteiger partial charge on any atom is 0.328 e. The molecule has 0 spiro atoms. The van der Waals surface area contributed by atoms with Crippen LogP contribution in [0.2, 0.25) is 0 Å². The molecular weight excluding hydrogens is 392 g/mol. The molecule has 0 saturated carbocycles. The zero-order valence-electron chi connectivity index (χ0n) is 20.5. The predicted molar refractivity (Wildman–Crippen MR) is 127 cm³/mol. The molecule has 2 amide bonds. The molecule has 1 atom stereocenters. The third-order valence-corrected chi connectivity index (χ3v) is 5.62. The first-order valence-corrected chi connectivity index (χ1v) is 12.7. The highest BCUT2D eigenvalue weighted by Gasteiger charge is 2.30. The van der Waals surface area contributed by atoms with Crippen molar-refractivity contribution < 1.29 is 19.1 Å². The lowest BCUT2D eigenvalue weighted by molar-refractivity contribution is -0.156. The van der Waals surface area contributed by atoms with E-state index >= 15 is 0 Å². The number of hydrogen-bond acceptors (Lipinski definition) is 4. The SMILES string of the molecule is CCCCCCCCCCCC(=O)N(CCCC)[C@@H](CCC(N)=O)C(=O)OCCCC. The second-order valence-corrected chi connectivity index (χ2v) is 8.56. The highest BCUT2D eigenvalue weighted by molar-refractivity contribution is 5.85. The van der Waals surface area contributed by atoms with Crippen LogP contribution in [0.5, 0.6) is 0 Å². The molecular formula is C25H48N2O4. The van der Waals surface area contributed by atoms with E-state index in [1.165, 1.54) is 38.5 Å². The smallest absolute Gasteiger partial charge is 0.328 e. The molecule has 0 saturated heterocycles. The molecule has 0 aliphatic rings. The summed E-state index contributed by atoms with van der Waals surface area (Å²) in [4.78, 5) is 38.6. The van der Waals surface area contributed by atoms with Gasteiger partial charge in [0.2, 0.25) is 11.8 Å². The summed E-state index contributed by atoms with van der Waals surface area (Å²) < 4.78 is 5.40. The van der Waals surface area contributed by atoms with Crippen LogP contribution in [0.25, 0.3) is 0 Å². The normalized spacial score (nSPS) is 11.8. The van der Waals surface area contributed by atoms with Crippen molar-refractivity contribution in [3.05, 3.63) is 0 Å². The van der Waals surface area contributed by atoms with Crippen LogP contribution in [0.4, 0.5) is 0 Å². The van der Waals surface area contributed by atoms with E-state index in [9.17, 15) is 14.4 Å². The average Bonchev–Trinajstić information content (AvgIpc) is 2.74. The third kappa shape index (κ3) is 15.8. The molecule has 0 aliphatic carbocycles. The second kappa shape index (κ2) is 20.3. The molecule has 0 fully saturated rings. The van der Waals surface area contributed by atoms with E-state index in [1.807, 2.05) is 6.92 Å². The van der Waals surface area contributed by atoms with Gasteiger partial charge in [-0.15, -0.1) is 0 Å². The van der Waals surface area contributed by atoms with Gasteiger partial charge in [-0.25, -0.2) is 4.79 Å². The number of nitrogens with zero attached hydrogens (tertiary/aromatic N) is 1. The Morgan fingerprint density at radius 1 is 0.742 bits per heavy atom. The number of carbonyl (C=O) groups excluding carboxylic acids is 3. The fourth-order valence-corrected chi connectivity index (χ4v) is 3.61. The molecule has 0 aromatic rings. The van der Waals surface area contributed by atoms with E-state index in [1.54, 1.807) is 4.90 Å². The van der Waals surface area contributed by atoms with Crippen molar-refractivity contribution in [3.8, 4) is 0 Å². The minimum absolute atomic E-state index is 0.0155. The zero-order chi connectivity index (χ0) is 23.3. The Hall–Kier alpha value is -1.59. The molecule has 0 rings (SSSR count). The molecule has 0 aliphatic heterocycles. The van der Waals surface area contributed by atoms with E-state index < -0.39 is 17.9 Å². The van der Waals surface area contributed by atoms with Crippen LogP contribution in [-0.2, 0) is 19.1 Å². The summed E-state index contributed by atoms with van der Waals surface area (Å²) in [5.41, 5.74) is 5.31. The number of primary amides is 1. The quantitative estimate of drug-likeness (QED) is 0.188. The van der Waals surface area contributed by atoms with Gasteiger partial charge in [0.15, 0.2) is 0 Å². The fraction of sp³-hybridized carbons (Fsp3) is 0.880. The van der Waals surface area contributed by atoms with Gasteiger partial charge in [-0.05, 0) is 25.7 Å². The highest BCUT2D eigenvalue weighted by Crippen LogP contribution is 2.16. The van der Waals surface area contributed by atoms with Gasteiger partial charge in [-0.2, -0.15) is 0 Å². The fourth-order valence-electron chi connectivity index (χ4n) is 3.61. The van der Waals surface area contributed by atoms with Crippen LogP contribution in [-0.4, -0.2) is 41.9 Å². The molecule has 31 heavy (non-hydrogen) atoms. The average molecular weight is 441 g/mol. The van der Waals surface area contributed by atoms with E-state index in [0.29, 0.717) is 19.6 Å². The third-order valence-electron chi connectivity index (χ3n) is 5.62. The summed E-state index contributed by atoms with van der Waals surface area (Å²) in [5.74, 6) is -0.891. The van der Waals surface area contributed by atoms with Crippen LogP contribution < -0.4 is 5.73 Å². The summed E-state index contributed by atoms with van der Waals surface area (Å²) in [7, 11) is 0. The van der Waals surface area contributed by atoms with Crippen LogP contribution in [0.1, 0.15) is 124 Å². The molecule has 2 N–H and O–H groups in total. The van der Waals surface area contributed by atoms with Crippen molar-refractivity contribution in [1.82, 2.24) is 4.90 Å². The summed E-state index contributed by atoms with van der Waals surface area (Å²) in [5, 5.41) is 0. The number of unbranched alkanes of at least 4 members (excludes halogenated alkanes) is 10. The topological polar surface area (TPSA) is 89.7 Å². The Morgan fingerprint density at radius 2 is 1.29 bits per heavy atom. The zero-order valence-corrected chi connectivity index (χ0v) is 20.5. The number of amides is 2. The van der Waals surface area contributed by atoms with E-state index in [0.717, 1.165) is 44.9 Å². The number of hydrogen-bond donors (Lipinski definition) is 1. The standard InChI is InChI=1S/C25H48N2O4/c1-4-7-10-11-12-13-14-15-16-17-24(29)27(20-8-5-2)22(18-19-23(26)28)25(30)31-21-9-6-3/h22H,4-21H2,1-3H3,(H2,26,28)/t22-/m0/s1. The highest BCUT2D eigenvalue weighted by atomic mass is 16.5. The Balaban J connectivity index is 4.70. The molecule has 182 valence electrons. The van der Waals surface area contributed by atoms with Crippen molar-refractivity contribution in [3.63, 3.8) is 0 Å². The molecule has 6 nitrogen and oxygen atoms in total. The molecule has 0 aromatic heterocycles. The van der Waals surface area contributed by atoms with Gasteiger partial charge in [-0.3, -0.25) is 9.59 Å². The van der Waals surface area contributed by atoms with Gasteiger partial charge in [0.25, 0.3) is 0 Å². The van der Waals surface area contributed by atoms with E-state index in [-0.39, 0.29) is 18.7 Å². The molecule has 6 heteroatoms.